The summed E-state index contributed by atoms with van der Waals surface area (Å²) in [5, 5.41) is 11.6. The van der Waals surface area contributed by atoms with Gasteiger partial charge < -0.3 is 33.5 Å². The van der Waals surface area contributed by atoms with Gasteiger partial charge in [-0.15, -0.1) is 0 Å². The summed E-state index contributed by atoms with van der Waals surface area (Å²) in [6.45, 7) is 3.27. The Kier molecular flexibility index (Phi) is 9.18. The molecule has 228 valence electrons. The number of imidazole rings is 1. The molecule has 1 unspecified atom stereocenters. The summed E-state index contributed by atoms with van der Waals surface area (Å²) in [6, 6.07) is 17.2. The number of hydrogen-bond acceptors (Lipinski definition) is 8. The Bertz CT molecular complexity index is 1640. The number of benzene rings is 3. The second-order valence-electron chi connectivity index (χ2n) is 10.3. The van der Waals surface area contributed by atoms with Gasteiger partial charge in [0.25, 0.3) is 11.7 Å². The lowest BCUT2D eigenvalue weighted by molar-refractivity contribution is -0.139. The maximum atomic E-state index is 13.6. The number of carbonyl (C=O) groups is 2. The molecule has 0 spiro atoms. The largest absolute Gasteiger partial charge is 0.507 e. The molecule has 1 amide bonds. The van der Waals surface area contributed by atoms with Crippen LogP contribution in [0.2, 0.25) is 0 Å². The van der Waals surface area contributed by atoms with Crippen molar-refractivity contribution in [2.24, 2.45) is 0 Å². The monoisotopic (exact) mass is 597 g/mol. The number of aliphatic hydroxyl groups is 1. The van der Waals surface area contributed by atoms with Gasteiger partial charge in [0.2, 0.25) is 5.75 Å². The Morgan fingerprint density at radius 2 is 1.64 bits per heavy atom. The van der Waals surface area contributed by atoms with Crippen LogP contribution in [-0.4, -0.2) is 59.1 Å². The molecule has 10 heteroatoms. The summed E-state index contributed by atoms with van der Waals surface area (Å²) < 4.78 is 24.4. The lowest BCUT2D eigenvalue weighted by Crippen LogP contribution is -2.31. The summed E-state index contributed by atoms with van der Waals surface area (Å²) in [4.78, 5) is 32.6. The third-order valence-corrected chi connectivity index (χ3v) is 7.70. The van der Waals surface area contributed by atoms with Gasteiger partial charge in [-0.3, -0.25) is 9.59 Å². The van der Waals surface area contributed by atoms with E-state index in [-0.39, 0.29) is 17.9 Å². The molecule has 3 aromatic carbocycles. The van der Waals surface area contributed by atoms with E-state index in [4.69, 9.17) is 18.9 Å². The lowest BCUT2D eigenvalue weighted by atomic mass is 9.94. The van der Waals surface area contributed by atoms with E-state index in [0.717, 1.165) is 11.1 Å². The van der Waals surface area contributed by atoms with Gasteiger partial charge >= 0.3 is 0 Å². The van der Waals surface area contributed by atoms with Gasteiger partial charge in [-0.1, -0.05) is 24.3 Å². The third-order valence-electron chi connectivity index (χ3n) is 7.70. The molecule has 1 aromatic heterocycles. The summed E-state index contributed by atoms with van der Waals surface area (Å²) in [7, 11) is 4.48. The second-order valence-corrected chi connectivity index (χ2v) is 10.3. The predicted molar refractivity (Wildman–Crippen MR) is 164 cm³/mol. The highest BCUT2D eigenvalue weighted by Gasteiger charge is 2.46. The zero-order valence-electron chi connectivity index (χ0n) is 25.1. The highest BCUT2D eigenvalue weighted by Crippen LogP contribution is 2.45. The lowest BCUT2D eigenvalue weighted by Gasteiger charge is -2.26. The van der Waals surface area contributed by atoms with Crippen molar-refractivity contribution in [2.45, 2.75) is 32.5 Å². The third kappa shape index (κ3) is 6.10. The van der Waals surface area contributed by atoms with Gasteiger partial charge in [0.1, 0.15) is 18.1 Å². The highest BCUT2D eigenvalue weighted by molar-refractivity contribution is 6.46. The van der Waals surface area contributed by atoms with Crippen molar-refractivity contribution < 1.29 is 33.6 Å². The SMILES string of the molecule is COc1cc(C2/C(=C(\O)c3ccc(OCc4ccccc4C)cc3)C(=O)C(=O)N2CCCn2ccnc2)cc(OC)c1OC. The quantitative estimate of drug-likeness (QED) is 0.133. The summed E-state index contributed by atoms with van der Waals surface area (Å²) in [5.41, 5.74) is 3.07. The topological polar surface area (TPSA) is 112 Å². The van der Waals surface area contributed by atoms with Gasteiger partial charge in [0, 0.05) is 31.0 Å². The van der Waals surface area contributed by atoms with Crippen molar-refractivity contribution in [1.29, 1.82) is 0 Å². The first kappa shape index (κ1) is 30.2. The second kappa shape index (κ2) is 13.4. The maximum Gasteiger partial charge on any atom is 0.295 e. The van der Waals surface area contributed by atoms with E-state index in [1.807, 2.05) is 42.0 Å². The van der Waals surface area contributed by atoms with Gasteiger partial charge in [-0.25, -0.2) is 4.98 Å². The summed E-state index contributed by atoms with van der Waals surface area (Å²) in [6.07, 6.45) is 5.76. The molecule has 0 radical (unpaired) electrons. The Morgan fingerprint density at radius 1 is 0.932 bits per heavy atom. The number of ketones is 1. The molecule has 10 nitrogen and oxygen atoms in total. The Hall–Kier alpha value is -5.25. The molecule has 1 fully saturated rings. The Balaban J connectivity index is 1.50. The van der Waals surface area contributed by atoms with Crippen molar-refractivity contribution in [1.82, 2.24) is 14.5 Å². The number of methoxy groups -OCH3 is 3. The molecule has 44 heavy (non-hydrogen) atoms. The number of ether oxygens (including phenoxy) is 4. The molecule has 0 saturated carbocycles. The fourth-order valence-corrected chi connectivity index (χ4v) is 5.36. The average Bonchev–Trinajstić information content (AvgIpc) is 3.66. The van der Waals surface area contributed by atoms with Crippen LogP contribution in [0.1, 0.15) is 34.7 Å². The maximum absolute atomic E-state index is 13.6. The number of hydrogen-bond donors (Lipinski definition) is 1. The zero-order chi connectivity index (χ0) is 31.2. The summed E-state index contributed by atoms with van der Waals surface area (Å²) in [5.74, 6) is -0.0624. The van der Waals surface area contributed by atoms with Gasteiger partial charge in [-0.05, 0) is 66.4 Å². The number of nitrogens with zero attached hydrogens (tertiary/aromatic N) is 3. The number of rotatable bonds is 12. The van der Waals surface area contributed by atoms with E-state index in [1.54, 1.807) is 48.9 Å². The van der Waals surface area contributed by atoms with Crippen molar-refractivity contribution in [3.05, 3.63) is 107 Å². The standard InChI is InChI=1S/C34H35N3O7/c1-22-8-5-6-9-24(22)20-44-26-12-10-23(11-13-26)31(38)29-30(25-18-27(41-2)33(43-4)28(19-25)42-3)37(34(40)32(29)39)16-7-15-36-17-14-35-21-36/h5-6,8-14,17-19,21,30,38H,7,15-16,20H2,1-4H3/b31-29+. The number of aliphatic hydroxyl groups excluding tert-OH is 1. The first-order chi connectivity index (χ1) is 21.4. The molecule has 1 N–H and O–H groups in total. The molecule has 2 heterocycles. The smallest absolute Gasteiger partial charge is 0.295 e. The van der Waals surface area contributed by atoms with Crippen LogP contribution in [0.3, 0.4) is 0 Å². The Morgan fingerprint density at radius 3 is 2.25 bits per heavy atom. The molecule has 1 aliphatic rings. The van der Waals surface area contributed by atoms with Crippen molar-refractivity contribution in [2.75, 3.05) is 27.9 Å². The minimum atomic E-state index is -0.900. The average molecular weight is 598 g/mol. The van der Waals surface area contributed by atoms with E-state index >= 15 is 0 Å². The van der Waals surface area contributed by atoms with Gasteiger partial charge in [0.15, 0.2) is 11.5 Å². The minimum absolute atomic E-state index is 0.0273. The summed E-state index contributed by atoms with van der Waals surface area (Å²) >= 11 is 0. The van der Waals surface area contributed by atoms with E-state index in [0.29, 0.717) is 53.7 Å². The highest BCUT2D eigenvalue weighted by atomic mass is 16.5. The first-order valence-electron chi connectivity index (χ1n) is 14.2. The molecule has 1 saturated heterocycles. The van der Waals surface area contributed by atoms with Crippen LogP contribution in [0.4, 0.5) is 0 Å². The first-order valence-corrected chi connectivity index (χ1v) is 14.2. The van der Waals surface area contributed by atoms with Crippen LogP contribution in [0, 0.1) is 6.92 Å². The molecule has 0 aliphatic carbocycles. The molecular weight excluding hydrogens is 562 g/mol. The zero-order valence-corrected chi connectivity index (χ0v) is 25.1. The molecule has 5 rings (SSSR count). The number of likely N-dealkylation sites (tertiary alicyclic amines) is 1. The minimum Gasteiger partial charge on any atom is -0.507 e. The van der Waals surface area contributed by atoms with Crippen molar-refractivity contribution in [3.8, 4) is 23.0 Å². The number of Topliss-reactive ketones (excluding diaryl/α,β-unsaturated/α-hetero) is 1. The molecule has 4 aromatic rings. The van der Waals surface area contributed by atoms with Gasteiger partial charge in [-0.2, -0.15) is 0 Å². The molecular formula is C34H35N3O7. The predicted octanol–water partition coefficient (Wildman–Crippen LogP) is 5.31. The van der Waals surface area contributed by atoms with E-state index < -0.39 is 17.7 Å². The van der Waals surface area contributed by atoms with Crippen LogP contribution in [0.15, 0.2) is 85.0 Å². The normalized spacial score (nSPS) is 15.8. The van der Waals surface area contributed by atoms with Crippen molar-refractivity contribution >= 4 is 17.4 Å². The number of amides is 1. The van der Waals surface area contributed by atoms with Crippen LogP contribution >= 0.6 is 0 Å². The Labute approximate surface area is 256 Å². The number of aryl methyl sites for hydroxylation is 2. The van der Waals surface area contributed by atoms with Crippen LogP contribution in [0.25, 0.3) is 5.76 Å². The number of carbonyl (C=O) groups excluding carboxylic acids is 2. The van der Waals surface area contributed by atoms with Crippen molar-refractivity contribution in [3.63, 3.8) is 0 Å². The van der Waals surface area contributed by atoms with Gasteiger partial charge in [0.05, 0.1) is 39.3 Å². The number of aromatic nitrogens is 2. The molecule has 1 aliphatic heterocycles. The van der Waals surface area contributed by atoms with E-state index in [2.05, 4.69) is 4.98 Å². The van der Waals surface area contributed by atoms with E-state index in [9.17, 15) is 14.7 Å². The fourth-order valence-electron chi connectivity index (χ4n) is 5.36. The molecule has 1 atom stereocenters. The van der Waals surface area contributed by atoms with Crippen LogP contribution < -0.4 is 18.9 Å². The fraction of sp³-hybridized carbons (Fsp3) is 0.265. The van der Waals surface area contributed by atoms with Crippen LogP contribution in [-0.2, 0) is 22.7 Å². The molecule has 0 bridgehead atoms. The van der Waals surface area contributed by atoms with E-state index in [1.165, 1.54) is 26.2 Å². The van der Waals surface area contributed by atoms with Crippen LogP contribution in [0.5, 0.6) is 23.0 Å².